The Morgan fingerprint density at radius 2 is 1.74 bits per heavy atom. The van der Waals surface area contributed by atoms with Crippen molar-refractivity contribution >= 4 is 39.1 Å². The molecular formula is C24H19BrN2O4. The van der Waals surface area contributed by atoms with Crippen LogP contribution < -0.4 is 4.90 Å². The summed E-state index contributed by atoms with van der Waals surface area (Å²) in [6.07, 6.45) is 3.10. The molecule has 1 unspecified atom stereocenters. The molecule has 1 fully saturated rings. The first kappa shape index (κ1) is 20.8. The number of pyridine rings is 1. The van der Waals surface area contributed by atoms with E-state index in [1.54, 1.807) is 54.9 Å². The van der Waals surface area contributed by atoms with Gasteiger partial charge in [-0.15, -0.1) is 0 Å². The fourth-order valence-corrected chi connectivity index (χ4v) is 3.96. The van der Waals surface area contributed by atoms with Crippen LogP contribution in [-0.4, -0.2) is 26.9 Å². The molecule has 0 spiro atoms. The summed E-state index contributed by atoms with van der Waals surface area (Å²) in [6.45, 7) is 3.69. The molecule has 31 heavy (non-hydrogen) atoms. The lowest BCUT2D eigenvalue weighted by Gasteiger charge is -2.26. The predicted molar refractivity (Wildman–Crippen MR) is 121 cm³/mol. The van der Waals surface area contributed by atoms with Crippen LogP contribution in [0.2, 0.25) is 0 Å². The normalized spacial score (nSPS) is 17.9. The SMILES string of the molecule is Cc1ccc(O)c(N2C(=O)C(=O)/C(=C(\O)c3ccc(Br)c(C)c3)C2c2ccncc2)c1. The number of hydrogen-bond donors (Lipinski definition) is 2. The van der Waals surface area contributed by atoms with Crippen molar-refractivity contribution in [3.63, 3.8) is 0 Å². The predicted octanol–water partition coefficient (Wildman–Crippen LogP) is 4.79. The highest BCUT2D eigenvalue weighted by molar-refractivity contribution is 9.10. The Morgan fingerprint density at radius 3 is 2.42 bits per heavy atom. The highest BCUT2D eigenvalue weighted by atomic mass is 79.9. The Labute approximate surface area is 187 Å². The molecule has 0 bridgehead atoms. The lowest BCUT2D eigenvalue weighted by molar-refractivity contribution is -0.132. The van der Waals surface area contributed by atoms with Crippen molar-refractivity contribution < 1.29 is 19.8 Å². The van der Waals surface area contributed by atoms with Gasteiger partial charge in [0.25, 0.3) is 11.7 Å². The Kier molecular flexibility index (Phi) is 5.37. The highest BCUT2D eigenvalue weighted by Gasteiger charge is 2.47. The summed E-state index contributed by atoms with van der Waals surface area (Å²) in [6, 6.07) is 12.4. The fraction of sp³-hybridized carbons (Fsp3) is 0.125. The number of aromatic nitrogens is 1. The number of Topliss-reactive ketones (excluding diaryl/α,β-unsaturated/α-hetero) is 1. The van der Waals surface area contributed by atoms with Gasteiger partial charge in [0.1, 0.15) is 11.5 Å². The number of anilines is 1. The first-order valence-electron chi connectivity index (χ1n) is 9.56. The van der Waals surface area contributed by atoms with Gasteiger partial charge in [-0.2, -0.15) is 0 Å². The van der Waals surface area contributed by atoms with Gasteiger partial charge in [-0.25, -0.2) is 0 Å². The minimum Gasteiger partial charge on any atom is -0.507 e. The minimum absolute atomic E-state index is 0.0428. The number of ketones is 1. The Morgan fingerprint density at radius 1 is 1.03 bits per heavy atom. The number of carbonyl (C=O) groups is 2. The zero-order valence-corrected chi connectivity index (χ0v) is 18.4. The van der Waals surface area contributed by atoms with Gasteiger partial charge in [0.05, 0.1) is 17.3 Å². The van der Waals surface area contributed by atoms with Crippen molar-refractivity contribution in [2.75, 3.05) is 4.90 Å². The van der Waals surface area contributed by atoms with Crippen LogP contribution in [0.25, 0.3) is 5.76 Å². The summed E-state index contributed by atoms with van der Waals surface area (Å²) in [4.78, 5) is 31.5. The number of hydrogen-bond acceptors (Lipinski definition) is 5. The molecule has 0 radical (unpaired) electrons. The molecule has 6 nitrogen and oxygen atoms in total. The zero-order chi connectivity index (χ0) is 22.3. The van der Waals surface area contributed by atoms with Crippen molar-refractivity contribution in [3.05, 3.63) is 93.2 Å². The summed E-state index contributed by atoms with van der Waals surface area (Å²) in [5.74, 6) is -2.05. The lowest BCUT2D eigenvalue weighted by Crippen LogP contribution is -2.29. The van der Waals surface area contributed by atoms with E-state index in [0.717, 1.165) is 15.6 Å². The van der Waals surface area contributed by atoms with E-state index in [2.05, 4.69) is 20.9 Å². The number of phenolic OH excluding ortho intramolecular Hbond substituents is 1. The zero-order valence-electron chi connectivity index (χ0n) is 16.8. The van der Waals surface area contributed by atoms with Crippen LogP contribution in [0.3, 0.4) is 0 Å². The van der Waals surface area contributed by atoms with Crippen molar-refractivity contribution in [2.24, 2.45) is 0 Å². The first-order chi connectivity index (χ1) is 14.8. The van der Waals surface area contributed by atoms with Crippen molar-refractivity contribution in [1.82, 2.24) is 4.98 Å². The summed E-state index contributed by atoms with van der Waals surface area (Å²) in [5.41, 5.74) is 2.85. The smallest absolute Gasteiger partial charge is 0.300 e. The lowest BCUT2D eigenvalue weighted by atomic mass is 9.95. The maximum absolute atomic E-state index is 13.1. The molecule has 1 saturated heterocycles. The maximum atomic E-state index is 13.1. The quantitative estimate of drug-likeness (QED) is 0.320. The van der Waals surface area contributed by atoms with E-state index in [-0.39, 0.29) is 22.8 Å². The molecule has 0 saturated carbocycles. The van der Waals surface area contributed by atoms with Crippen molar-refractivity contribution in [1.29, 1.82) is 0 Å². The molecular weight excluding hydrogens is 460 g/mol. The van der Waals surface area contributed by atoms with Crippen LogP contribution in [0.15, 0.2) is 71.0 Å². The molecule has 0 aliphatic carbocycles. The number of aryl methyl sites for hydroxylation is 2. The molecule has 1 aromatic heterocycles. The second-order valence-electron chi connectivity index (χ2n) is 7.41. The Bertz CT molecular complexity index is 1240. The molecule has 1 atom stereocenters. The number of benzene rings is 2. The van der Waals surface area contributed by atoms with Crippen LogP contribution in [0.1, 0.15) is 28.3 Å². The summed E-state index contributed by atoms with van der Waals surface area (Å²) >= 11 is 3.43. The fourth-order valence-electron chi connectivity index (χ4n) is 3.72. The van der Waals surface area contributed by atoms with Gasteiger partial charge >= 0.3 is 0 Å². The maximum Gasteiger partial charge on any atom is 0.300 e. The van der Waals surface area contributed by atoms with E-state index < -0.39 is 17.7 Å². The average Bonchev–Trinajstić information content (AvgIpc) is 3.02. The number of aromatic hydroxyl groups is 1. The number of phenols is 1. The topological polar surface area (TPSA) is 90.7 Å². The molecule has 4 rings (SSSR count). The van der Waals surface area contributed by atoms with Gasteiger partial charge in [0.2, 0.25) is 0 Å². The van der Waals surface area contributed by atoms with Gasteiger partial charge in [0.15, 0.2) is 0 Å². The number of rotatable bonds is 3. The summed E-state index contributed by atoms with van der Waals surface area (Å²) in [5, 5.41) is 21.6. The van der Waals surface area contributed by atoms with Crippen LogP contribution in [0.5, 0.6) is 5.75 Å². The second-order valence-corrected chi connectivity index (χ2v) is 8.26. The van der Waals surface area contributed by atoms with E-state index in [1.807, 2.05) is 13.8 Å². The van der Waals surface area contributed by atoms with Gasteiger partial charge in [-0.3, -0.25) is 19.5 Å². The molecule has 1 aliphatic heterocycles. The van der Waals surface area contributed by atoms with Gasteiger partial charge in [-0.1, -0.05) is 28.1 Å². The van der Waals surface area contributed by atoms with Crippen molar-refractivity contribution in [2.45, 2.75) is 19.9 Å². The Hall–Kier alpha value is -3.45. The third-order valence-corrected chi connectivity index (χ3v) is 6.18. The molecule has 2 heterocycles. The van der Waals surface area contributed by atoms with Gasteiger partial charge in [-0.05, 0) is 66.9 Å². The third kappa shape index (κ3) is 3.61. The largest absolute Gasteiger partial charge is 0.507 e. The van der Waals surface area contributed by atoms with E-state index in [9.17, 15) is 19.8 Å². The highest BCUT2D eigenvalue weighted by Crippen LogP contribution is 2.44. The van der Waals surface area contributed by atoms with E-state index >= 15 is 0 Å². The average molecular weight is 479 g/mol. The molecule has 156 valence electrons. The number of nitrogens with zero attached hydrogens (tertiary/aromatic N) is 2. The van der Waals surface area contributed by atoms with Gasteiger partial charge in [0, 0.05) is 22.4 Å². The summed E-state index contributed by atoms with van der Waals surface area (Å²) in [7, 11) is 0. The molecule has 3 aromatic rings. The summed E-state index contributed by atoms with van der Waals surface area (Å²) < 4.78 is 0.861. The third-order valence-electron chi connectivity index (χ3n) is 5.29. The molecule has 1 amide bonds. The number of halogens is 1. The van der Waals surface area contributed by atoms with Crippen LogP contribution >= 0.6 is 15.9 Å². The number of aliphatic hydroxyl groups excluding tert-OH is 1. The first-order valence-corrected chi connectivity index (χ1v) is 10.4. The van der Waals surface area contributed by atoms with Crippen LogP contribution in [0, 0.1) is 13.8 Å². The van der Waals surface area contributed by atoms with Crippen LogP contribution in [0.4, 0.5) is 5.69 Å². The number of carbonyl (C=O) groups excluding carboxylic acids is 2. The number of amides is 1. The molecule has 2 N–H and O–H groups in total. The minimum atomic E-state index is -0.917. The Balaban J connectivity index is 1.98. The molecule has 1 aliphatic rings. The van der Waals surface area contributed by atoms with E-state index in [4.69, 9.17) is 0 Å². The monoisotopic (exact) mass is 478 g/mol. The van der Waals surface area contributed by atoms with Crippen molar-refractivity contribution in [3.8, 4) is 5.75 Å². The molecule has 7 heteroatoms. The van der Waals surface area contributed by atoms with E-state index in [1.165, 1.54) is 11.0 Å². The number of aliphatic hydroxyl groups is 1. The molecule has 2 aromatic carbocycles. The second kappa shape index (κ2) is 8.00. The van der Waals surface area contributed by atoms with Gasteiger partial charge < -0.3 is 10.2 Å². The van der Waals surface area contributed by atoms with E-state index in [0.29, 0.717) is 11.1 Å². The van der Waals surface area contributed by atoms with Crippen LogP contribution in [-0.2, 0) is 9.59 Å². The standard InChI is InChI=1S/C24H19BrN2O4/c1-13-3-6-19(28)18(11-13)27-21(15-7-9-26-10-8-15)20(23(30)24(27)31)22(29)16-4-5-17(25)14(2)12-16/h3-12,21,28-29H,1-2H3/b22-20-.